The van der Waals surface area contributed by atoms with E-state index in [0.717, 1.165) is 11.3 Å². The van der Waals surface area contributed by atoms with Crippen molar-refractivity contribution in [1.29, 1.82) is 0 Å². The maximum atomic E-state index is 12.0. The number of nitrogens with zero attached hydrogens (tertiary/aromatic N) is 3. The topological polar surface area (TPSA) is 67.8 Å². The smallest absolute Gasteiger partial charge is 0.236 e. The van der Waals surface area contributed by atoms with Gasteiger partial charge < -0.3 is 5.32 Å². The molecule has 0 aliphatic heterocycles. The maximum Gasteiger partial charge on any atom is 0.236 e. The number of aromatic nitrogens is 3. The number of amides is 1. The summed E-state index contributed by atoms with van der Waals surface area (Å²) < 4.78 is 0. The number of carbonyl (C=O) groups is 1. The van der Waals surface area contributed by atoms with Gasteiger partial charge in [0.2, 0.25) is 5.91 Å². The van der Waals surface area contributed by atoms with Gasteiger partial charge in [0.25, 0.3) is 0 Å². The van der Waals surface area contributed by atoms with Crippen molar-refractivity contribution < 1.29 is 4.79 Å². The lowest BCUT2D eigenvalue weighted by Crippen LogP contribution is -2.13. The van der Waals surface area contributed by atoms with Crippen LogP contribution in [0, 0.1) is 6.92 Å². The molecule has 24 heavy (non-hydrogen) atoms. The molecule has 1 N–H and O–H groups in total. The van der Waals surface area contributed by atoms with Crippen molar-refractivity contribution in [3.05, 3.63) is 64.9 Å². The molecule has 0 saturated heterocycles. The van der Waals surface area contributed by atoms with Crippen molar-refractivity contribution in [1.82, 2.24) is 15.0 Å². The van der Waals surface area contributed by atoms with Crippen LogP contribution in [0.2, 0.25) is 0 Å². The summed E-state index contributed by atoms with van der Waals surface area (Å²) in [5.41, 5.74) is 2.53. The third-order valence-electron chi connectivity index (χ3n) is 3.30. The van der Waals surface area contributed by atoms with Crippen LogP contribution in [0.15, 0.2) is 54.1 Å². The van der Waals surface area contributed by atoms with Gasteiger partial charge in [-0.15, -0.1) is 11.3 Å². The van der Waals surface area contributed by atoms with E-state index >= 15 is 0 Å². The summed E-state index contributed by atoms with van der Waals surface area (Å²) in [6.07, 6.45) is 5.96. The second kappa shape index (κ2) is 8.03. The number of hydrogen-bond acceptors (Lipinski definition) is 6. The number of benzene rings is 1. The Morgan fingerprint density at radius 2 is 1.96 bits per heavy atom. The number of rotatable bonds is 6. The molecule has 0 fully saturated rings. The van der Waals surface area contributed by atoms with Crippen LogP contribution in [0.3, 0.4) is 0 Å². The summed E-state index contributed by atoms with van der Waals surface area (Å²) in [6.45, 7) is 2.10. The Bertz CT molecular complexity index is 820. The van der Waals surface area contributed by atoms with Gasteiger partial charge in [0.1, 0.15) is 0 Å². The molecular weight excluding hydrogens is 340 g/mol. The molecule has 3 aromatic rings. The molecule has 2 aromatic heterocycles. The predicted octanol–water partition coefficient (Wildman–Crippen LogP) is 3.56. The van der Waals surface area contributed by atoms with Gasteiger partial charge in [-0.1, -0.05) is 36.0 Å². The average molecular weight is 356 g/mol. The van der Waals surface area contributed by atoms with E-state index < -0.39 is 0 Å². The van der Waals surface area contributed by atoms with Gasteiger partial charge in [-0.05, 0) is 24.1 Å². The van der Waals surface area contributed by atoms with Crippen molar-refractivity contribution in [2.75, 3.05) is 11.1 Å². The SMILES string of the molecule is Cc1ccccc1Cc1cnc(NC(=O)CSc2ncccn2)s1. The van der Waals surface area contributed by atoms with Crippen molar-refractivity contribution in [2.24, 2.45) is 0 Å². The van der Waals surface area contributed by atoms with Crippen LogP contribution in [0.5, 0.6) is 0 Å². The van der Waals surface area contributed by atoms with Crippen LogP contribution < -0.4 is 5.32 Å². The molecule has 1 aromatic carbocycles. The minimum Gasteiger partial charge on any atom is -0.301 e. The maximum absolute atomic E-state index is 12.0. The number of nitrogens with one attached hydrogen (secondary N) is 1. The molecule has 0 spiro atoms. The zero-order valence-corrected chi connectivity index (χ0v) is 14.7. The van der Waals surface area contributed by atoms with E-state index in [2.05, 4.69) is 39.3 Å². The highest BCUT2D eigenvalue weighted by Gasteiger charge is 2.09. The van der Waals surface area contributed by atoms with Gasteiger partial charge in [-0.3, -0.25) is 4.79 Å². The average Bonchev–Trinajstić information content (AvgIpc) is 3.03. The summed E-state index contributed by atoms with van der Waals surface area (Å²) in [5.74, 6) is 0.153. The fourth-order valence-electron chi connectivity index (χ4n) is 2.09. The third kappa shape index (κ3) is 4.62. The van der Waals surface area contributed by atoms with Gasteiger partial charge in [-0.25, -0.2) is 15.0 Å². The van der Waals surface area contributed by atoms with Crippen LogP contribution >= 0.6 is 23.1 Å². The molecule has 0 saturated carbocycles. The highest BCUT2D eigenvalue weighted by atomic mass is 32.2. The summed E-state index contributed by atoms with van der Waals surface area (Å²) >= 11 is 2.80. The monoisotopic (exact) mass is 356 g/mol. The van der Waals surface area contributed by atoms with E-state index in [4.69, 9.17) is 0 Å². The number of carbonyl (C=O) groups excluding carboxylic acids is 1. The first-order valence-corrected chi connectivity index (χ1v) is 9.20. The van der Waals surface area contributed by atoms with Gasteiger partial charge in [0, 0.05) is 29.9 Å². The number of thioether (sulfide) groups is 1. The summed E-state index contributed by atoms with van der Waals surface area (Å²) in [5, 5.41) is 4.04. The number of hydrogen-bond donors (Lipinski definition) is 1. The highest BCUT2D eigenvalue weighted by Crippen LogP contribution is 2.23. The van der Waals surface area contributed by atoms with E-state index in [1.54, 1.807) is 18.5 Å². The van der Waals surface area contributed by atoms with E-state index in [1.165, 1.54) is 34.2 Å². The van der Waals surface area contributed by atoms with E-state index in [0.29, 0.717) is 10.3 Å². The first kappa shape index (κ1) is 16.6. The Balaban J connectivity index is 1.54. The van der Waals surface area contributed by atoms with Gasteiger partial charge in [0.05, 0.1) is 5.75 Å². The lowest BCUT2D eigenvalue weighted by molar-refractivity contribution is -0.113. The molecule has 1 amide bonds. The standard InChI is InChI=1S/C17H16N4OS2/c1-12-5-2-3-6-13(12)9-14-10-20-17(24-14)21-15(22)11-23-16-18-7-4-8-19-16/h2-8,10H,9,11H2,1H3,(H,20,21,22). The molecular formula is C17H16N4OS2. The van der Waals surface area contributed by atoms with Crippen molar-refractivity contribution in [2.45, 2.75) is 18.5 Å². The summed E-state index contributed by atoms with van der Waals surface area (Å²) in [4.78, 5) is 25.5. The van der Waals surface area contributed by atoms with E-state index in [9.17, 15) is 4.79 Å². The largest absolute Gasteiger partial charge is 0.301 e. The Kier molecular flexibility index (Phi) is 5.55. The second-order valence-corrected chi connectivity index (χ2v) is 7.16. The molecule has 0 bridgehead atoms. The second-order valence-electron chi connectivity index (χ2n) is 5.10. The van der Waals surface area contributed by atoms with Crippen LogP contribution in [-0.2, 0) is 11.2 Å². The summed E-state index contributed by atoms with van der Waals surface area (Å²) in [6, 6.07) is 10.0. The van der Waals surface area contributed by atoms with E-state index in [-0.39, 0.29) is 11.7 Å². The Hall–Kier alpha value is -2.25. The molecule has 122 valence electrons. The fraction of sp³-hybridized carbons (Fsp3) is 0.176. The van der Waals surface area contributed by atoms with E-state index in [1.807, 2.05) is 18.3 Å². The normalized spacial score (nSPS) is 10.5. The quantitative estimate of drug-likeness (QED) is 0.540. The predicted molar refractivity (Wildman–Crippen MR) is 97.5 cm³/mol. The lowest BCUT2D eigenvalue weighted by Gasteiger charge is -2.02. The highest BCUT2D eigenvalue weighted by molar-refractivity contribution is 7.99. The Morgan fingerprint density at radius 3 is 2.75 bits per heavy atom. The van der Waals surface area contributed by atoms with Crippen LogP contribution in [0.25, 0.3) is 0 Å². The molecule has 0 aliphatic carbocycles. The van der Waals surface area contributed by atoms with Crippen molar-refractivity contribution in [3.8, 4) is 0 Å². The third-order valence-corrected chi connectivity index (χ3v) is 5.09. The van der Waals surface area contributed by atoms with Crippen LogP contribution in [0.4, 0.5) is 5.13 Å². The number of thiazole rings is 1. The van der Waals surface area contributed by atoms with Crippen LogP contribution in [-0.4, -0.2) is 26.6 Å². The van der Waals surface area contributed by atoms with Gasteiger partial charge in [0.15, 0.2) is 10.3 Å². The first-order valence-electron chi connectivity index (χ1n) is 7.39. The zero-order chi connectivity index (χ0) is 16.8. The van der Waals surface area contributed by atoms with Gasteiger partial charge >= 0.3 is 0 Å². The van der Waals surface area contributed by atoms with Gasteiger partial charge in [-0.2, -0.15) is 0 Å². The number of anilines is 1. The van der Waals surface area contributed by atoms with Crippen molar-refractivity contribution in [3.63, 3.8) is 0 Å². The first-order chi connectivity index (χ1) is 11.7. The molecule has 0 atom stereocenters. The molecule has 5 nitrogen and oxygen atoms in total. The fourth-order valence-corrected chi connectivity index (χ4v) is 3.54. The van der Waals surface area contributed by atoms with Crippen LogP contribution in [0.1, 0.15) is 16.0 Å². The lowest BCUT2D eigenvalue weighted by atomic mass is 10.1. The minimum atomic E-state index is -0.107. The zero-order valence-electron chi connectivity index (χ0n) is 13.1. The minimum absolute atomic E-state index is 0.107. The Morgan fingerprint density at radius 1 is 1.17 bits per heavy atom. The molecule has 3 rings (SSSR count). The molecule has 0 radical (unpaired) electrons. The Labute approximate surface area is 148 Å². The molecule has 0 aliphatic rings. The summed E-state index contributed by atoms with van der Waals surface area (Å²) in [7, 11) is 0. The molecule has 2 heterocycles. The molecule has 0 unspecified atom stereocenters. The van der Waals surface area contributed by atoms with Crippen molar-refractivity contribution >= 4 is 34.1 Å². The number of aryl methyl sites for hydroxylation is 1. The molecule has 7 heteroatoms.